The molecular formula is C15H15NO3. The molecule has 0 spiro atoms. The average molecular weight is 257 g/mol. The van der Waals surface area contributed by atoms with Crippen molar-refractivity contribution in [3.8, 4) is 16.9 Å². The van der Waals surface area contributed by atoms with E-state index in [-0.39, 0.29) is 0 Å². The van der Waals surface area contributed by atoms with Crippen LogP contribution in [0.25, 0.3) is 11.1 Å². The summed E-state index contributed by atoms with van der Waals surface area (Å²) in [6.07, 6.45) is 0. The van der Waals surface area contributed by atoms with Gasteiger partial charge in [-0.3, -0.25) is 0 Å². The van der Waals surface area contributed by atoms with Gasteiger partial charge in [0.1, 0.15) is 5.75 Å². The number of nitrogen functional groups attached to an aromatic ring is 1. The van der Waals surface area contributed by atoms with Gasteiger partial charge in [0.2, 0.25) is 0 Å². The SMILES string of the molecule is COC(=O)c1cccc(N)c1-c1ccccc1OC. The fourth-order valence-electron chi connectivity index (χ4n) is 2.00. The van der Waals surface area contributed by atoms with Crippen molar-refractivity contribution in [1.82, 2.24) is 0 Å². The highest BCUT2D eigenvalue weighted by molar-refractivity contribution is 6.01. The first-order valence-corrected chi connectivity index (χ1v) is 5.79. The first-order chi connectivity index (χ1) is 9.19. The lowest BCUT2D eigenvalue weighted by molar-refractivity contribution is 0.0601. The van der Waals surface area contributed by atoms with Gasteiger partial charge in [0.15, 0.2) is 0 Å². The minimum atomic E-state index is -0.423. The highest BCUT2D eigenvalue weighted by Crippen LogP contribution is 2.36. The largest absolute Gasteiger partial charge is 0.496 e. The van der Waals surface area contributed by atoms with Crippen LogP contribution in [0.4, 0.5) is 5.69 Å². The van der Waals surface area contributed by atoms with Crippen molar-refractivity contribution in [1.29, 1.82) is 0 Å². The molecule has 2 N–H and O–H groups in total. The van der Waals surface area contributed by atoms with Crippen LogP contribution in [-0.2, 0) is 4.74 Å². The molecule has 0 fully saturated rings. The molecule has 0 unspecified atom stereocenters. The molecule has 0 heterocycles. The standard InChI is InChI=1S/C15H15NO3/c1-18-13-9-4-3-6-10(13)14-11(15(17)19-2)7-5-8-12(14)16/h3-9H,16H2,1-2H3. The lowest BCUT2D eigenvalue weighted by Gasteiger charge is -2.14. The van der Waals surface area contributed by atoms with Crippen molar-refractivity contribution < 1.29 is 14.3 Å². The second-order valence-electron chi connectivity index (χ2n) is 3.96. The van der Waals surface area contributed by atoms with E-state index in [0.29, 0.717) is 22.6 Å². The van der Waals surface area contributed by atoms with Gasteiger partial charge in [-0.25, -0.2) is 4.79 Å². The zero-order valence-corrected chi connectivity index (χ0v) is 10.8. The highest BCUT2D eigenvalue weighted by atomic mass is 16.5. The van der Waals surface area contributed by atoms with Crippen molar-refractivity contribution in [3.63, 3.8) is 0 Å². The molecule has 0 radical (unpaired) electrons. The molecule has 98 valence electrons. The first kappa shape index (κ1) is 13.0. The Kier molecular flexibility index (Phi) is 3.71. The summed E-state index contributed by atoms with van der Waals surface area (Å²) in [6.45, 7) is 0. The quantitative estimate of drug-likeness (QED) is 0.678. The molecular weight excluding hydrogens is 242 g/mol. The molecule has 4 nitrogen and oxygen atoms in total. The fourth-order valence-corrected chi connectivity index (χ4v) is 2.00. The summed E-state index contributed by atoms with van der Waals surface area (Å²) in [6, 6.07) is 12.6. The summed E-state index contributed by atoms with van der Waals surface area (Å²) in [5.41, 5.74) is 8.33. The van der Waals surface area contributed by atoms with Crippen molar-refractivity contribution in [2.75, 3.05) is 20.0 Å². The van der Waals surface area contributed by atoms with E-state index >= 15 is 0 Å². The lowest BCUT2D eigenvalue weighted by atomic mass is 9.97. The number of rotatable bonds is 3. The monoisotopic (exact) mass is 257 g/mol. The number of anilines is 1. The number of methoxy groups -OCH3 is 2. The number of para-hydroxylation sites is 1. The predicted octanol–water partition coefficient (Wildman–Crippen LogP) is 2.73. The Morgan fingerprint density at radius 3 is 2.47 bits per heavy atom. The van der Waals surface area contributed by atoms with Crippen LogP contribution < -0.4 is 10.5 Å². The predicted molar refractivity (Wildman–Crippen MR) is 74.2 cm³/mol. The number of carbonyl (C=O) groups excluding carboxylic acids is 1. The molecule has 4 heteroatoms. The van der Waals surface area contributed by atoms with Gasteiger partial charge in [-0.05, 0) is 18.2 Å². The Hall–Kier alpha value is -2.49. The summed E-state index contributed by atoms with van der Waals surface area (Å²) in [5.74, 6) is 0.235. The van der Waals surface area contributed by atoms with Crippen molar-refractivity contribution in [3.05, 3.63) is 48.0 Å². The second kappa shape index (κ2) is 5.44. The summed E-state index contributed by atoms with van der Waals surface area (Å²) in [4.78, 5) is 11.8. The van der Waals surface area contributed by atoms with Gasteiger partial charge in [0.25, 0.3) is 0 Å². The number of esters is 1. The Balaban J connectivity index is 2.70. The van der Waals surface area contributed by atoms with E-state index in [1.807, 2.05) is 24.3 Å². The van der Waals surface area contributed by atoms with Crippen LogP contribution >= 0.6 is 0 Å². The van der Waals surface area contributed by atoms with E-state index in [9.17, 15) is 4.79 Å². The van der Waals surface area contributed by atoms with Crippen LogP contribution in [0.3, 0.4) is 0 Å². The minimum absolute atomic E-state index is 0.423. The maximum Gasteiger partial charge on any atom is 0.338 e. The molecule has 2 aromatic carbocycles. The molecule has 0 aliphatic carbocycles. The topological polar surface area (TPSA) is 61.5 Å². The number of carbonyl (C=O) groups is 1. The number of hydrogen-bond acceptors (Lipinski definition) is 4. The van der Waals surface area contributed by atoms with Crippen LogP contribution in [0.2, 0.25) is 0 Å². The molecule has 0 saturated carbocycles. The molecule has 0 aliphatic heterocycles. The summed E-state index contributed by atoms with van der Waals surface area (Å²) < 4.78 is 10.1. The Morgan fingerprint density at radius 1 is 1.05 bits per heavy atom. The van der Waals surface area contributed by atoms with Gasteiger partial charge in [0.05, 0.1) is 19.8 Å². The van der Waals surface area contributed by atoms with Gasteiger partial charge < -0.3 is 15.2 Å². The van der Waals surface area contributed by atoms with Crippen LogP contribution in [0.5, 0.6) is 5.75 Å². The zero-order valence-electron chi connectivity index (χ0n) is 10.8. The summed E-state index contributed by atoms with van der Waals surface area (Å²) >= 11 is 0. The molecule has 0 aromatic heterocycles. The molecule has 0 aliphatic rings. The summed E-state index contributed by atoms with van der Waals surface area (Å²) in [7, 11) is 2.92. The Labute approximate surface area is 111 Å². The Bertz CT molecular complexity index is 608. The van der Waals surface area contributed by atoms with Crippen LogP contribution in [-0.4, -0.2) is 20.2 Å². The van der Waals surface area contributed by atoms with E-state index in [4.69, 9.17) is 15.2 Å². The van der Waals surface area contributed by atoms with E-state index in [1.165, 1.54) is 7.11 Å². The number of ether oxygens (including phenoxy) is 2. The molecule has 2 rings (SSSR count). The molecule has 0 atom stereocenters. The first-order valence-electron chi connectivity index (χ1n) is 5.79. The van der Waals surface area contributed by atoms with Gasteiger partial charge in [-0.15, -0.1) is 0 Å². The minimum Gasteiger partial charge on any atom is -0.496 e. The fraction of sp³-hybridized carbons (Fsp3) is 0.133. The maximum atomic E-state index is 11.8. The highest BCUT2D eigenvalue weighted by Gasteiger charge is 2.18. The van der Waals surface area contributed by atoms with Gasteiger partial charge in [0, 0.05) is 16.8 Å². The third-order valence-electron chi connectivity index (χ3n) is 2.88. The van der Waals surface area contributed by atoms with Crippen LogP contribution in [0, 0.1) is 0 Å². The third-order valence-corrected chi connectivity index (χ3v) is 2.88. The maximum absolute atomic E-state index is 11.8. The average Bonchev–Trinajstić information content (AvgIpc) is 2.46. The normalized spacial score (nSPS) is 10.0. The van der Waals surface area contributed by atoms with Crippen molar-refractivity contribution in [2.45, 2.75) is 0 Å². The van der Waals surface area contributed by atoms with Crippen molar-refractivity contribution in [2.24, 2.45) is 0 Å². The molecule has 2 aromatic rings. The van der Waals surface area contributed by atoms with Crippen LogP contribution in [0.1, 0.15) is 10.4 Å². The van der Waals surface area contributed by atoms with Gasteiger partial charge in [-0.2, -0.15) is 0 Å². The Morgan fingerprint density at radius 2 is 1.79 bits per heavy atom. The third kappa shape index (κ3) is 2.38. The molecule has 19 heavy (non-hydrogen) atoms. The van der Waals surface area contributed by atoms with E-state index in [0.717, 1.165) is 5.56 Å². The summed E-state index contributed by atoms with van der Waals surface area (Å²) in [5, 5.41) is 0. The molecule has 0 bridgehead atoms. The molecule has 0 saturated heterocycles. The zero-order chi connectivity index (χ0) is 13.8. The van der Waals surface area contributed by atoms with E-state index < -0.39 is 5.97 Å². The number of nitrogens with two attached hydrogens (primary N) is 1. The smallest absolute Gasteiger partial charge is 0.338 e. The second-order valence-corrected chi connectivity index (χ2v) is 3.96. The van der Waals surface area contributed by atoms with Gasteiger partial charge >= 0.3 is 5.97 Å². The number of hydrogen-bond donors (Lipinski definition) is 1. The van der Waals surface area contributed by atoms with Crippen molar-refractivity contribution >= 4 is 11.7 Å². The van der Waals surface area contributed by atoms with E-state index in [2.05, 4.69) is 0 Å². The van der Waals surface area contributed by atoms with E-state index in [1.54, 1.807) is 25.3 Å². The lowest BCUT2D eigenvalue weighted by Crippen LogP contribution is -2.06. The number of benzene rings is 2. The van der Waals surface area contributed by atoms with Gasteiger partial charge in [-0.1, -0.05) is 24.3 Å². The molecule has 0 amide bonds. The van der Waals surface area contributed by atoms with Crippen LogP contribution in [0.15, 0.2) is 42.5 Å².